The first kappa shape index (κ1) is 14.8. The third-order valence-electron chi connectivity index (χ3n) is 2.90. The number of hydrogen-bond acceptors (Lipinski definition) is 4. The van der Waals surface area contributed by atoms with Crippen LogP contribution in [0.4, 0.5) is 4.79 Å². The van der Waals surface area contributed by atoms with Crippen LogP contribution in [0, 0.1) is 5.92 Å². The highest BCUT2D eigenvalue weighted by atomic mass is 16.6. The second-order valence-corrected chi connectivity index (χ2v) is 5.60. The Balaban J connectivity index is 2.64. The zero-order chi connectivity index (χ0) is 13.9. The number of piperidine rings is 1. The van der Waals surface area contributed by atoms with E-state index in [9.17, 15) is 9.59 Å². The molecule has 104 valence electrons. The molecule has 2 atom stereocenters. The number of hydrogen-bond donors (Lipinski definition) is 2. The minimum atomic E-state index is -0.529. The van der Waals surface area contributed by atoms with Crippen molar-refractivity contribution in [1.82, 2.24) is 10.2 Å². The normalized spacial score (nSPS) is 24.6. The third-order valence-corrected chi connectivity index (χ3v) is 2.90. The quantitative estimate of drug-likeness (QED) is 0.708. The molecule has 18 heavy (non-hydrogen) atoms. The van der Waals surface area contributed by atoms with Gasteiger partial charge in [0.2, 0.25) is 5.91 Å². The molecule has 0 radical (unpaired) electrons. The van der Waals surface area contributed by atoms with E-state index in [1.807, 2.05) is 20.8 Å². The second-order valence-electron chi connectivity index (χ2n) is 5.60. The highest BCUT2D eigenvalue weighted by molar-refractivity contribution is 5.80. The van der Waals surface area contributed by atoms with Gasteiger partial charge in [-0.3, -0.25) is 4.79 Å². The number of carbonyl (C=O) groups is 2. The van der Waals surface area contributed by atoms with E-state index in [1.165, 1.54) is 0 Å². The van der Waals surface area contributed by atoms with Gasteiger partial charge < -0.3 is 20.7 Å². The summed E-state index contributed by atoms with van der Waals surface area (Å²) in [4.78, 5) is 25.1. The van der Waals surface area contributed by atoms with Crippen molar-refractivity contribution in [2.75, 3.05) is 20.1 Å². The van der Waals surface area contributed by atoms with Crippen molar-refractivity contribution >= 4 is 12.0 Å². The summed E-state index contributed by atoms with van der Waals surface area (Å²) in [5.74, 6) is -0.493. The lowest BCUT2D eigenvalue weighted by molar-refractivity contribution is -0.126. The summed E-state index contributed by atoms with van der Waals surface area (Å²) >= 11 is 0. The number of nitrogens with one attached hydrogen (secondary N) is 1. The number of carbonyl (C=O) groups excluding carboxylic acids is 2. The van der Waals surface area contributed by atoms with Gasteiger partial charge in [-0.25, -0.2) is 4.79 Å². The Morgan fingerprint density at radius 3 is 2.50 bits per heavy atom. The molecule has 1 aliphatic rings. The lowest BCUT2D eigenvalue weighted by atomic mass is 9.92. The SMILES string of the molecule is CNC(=O)[C@@H]1CN(C(=O)OC(C)(C)C)CC[C@@H]1N. The average Bonchev–Trinajstić information content (AvgIpc) is 2.26. The first-order valence-corrected chi connectivity index (χ1v) is 6.19. The minimum absolute atomic E-state index is 0.129. The van der Waals surface area contributed by atoms with Crippen LogP contribution in [0.3, 0.4) is 0 Å². The molecule has 1 fully saturated rings. The monoisotopic (exact) mass is 257 g/mol. The van der Waals surface area contributed by atoms with Crippen molar-refractivity contribution in [2.24, 2.45) is 11.7 Å². The van der Waals surface area contributed by atoms with E-state index in [0.717, 1.165) is 0 Å². The lowest BCUT2D eigenvalue weighted by Gasteiger charge is -2.36. The molecule has 1 rings (SSSR count). The van der Waals surface area contributed by atoms with E-state index >= 15 is 0 Å². The fourth-order valence-corrected chi connectivity index (χ4v) is 1.93. The average molecular weight is 257 g/mol. The Morgan fingerprint density at radius 1 is 1.39 bits per heavy atom. The number of ether oxygens (including phenoxy) is 1. The van der Waals surface area contributed by atoms with E-state index in [-0.39, 0.29) is 24.0 Å². The Labute approximate surface area is 108 Å². The summed E-state index contributed by atoms with van der Waals surface area (Å²) in [6, 6.07) is -0.205. The van der Waals surface area contributed by atoms with Crippen LogP contribution in [0.15, 0.2) is 0 Å². The largest absolute Gasteiger partial charge is 0.444 e. The molecule has 0 aromatic heterocycles. The zero-order valence-corrected chi connectivity index (χ0v) is 11.5. The van der Waals surface area contributed by atoms with Crippen LogP contribution >= 0.6 is 0 Å². The van der Waals surface area contributed by atoms with Crippen molar-refractivity contribution in [1.29, 1.82) is 0 Å². The standard InChI is InChI=1S/C12H23N3O3/c1-12(2,3)18-11(17)15-6-5-9(13)8(7-15)10(16)14-4/h8-9H,5-7,13H2,1-4H3,(H,14,16)/t8-,9+/m1/s1. The van der Waals surface area contributed by atoms with Crippen molar-refractivity contribution in [2.45, 2.75) is 38.8 Å². The van der Waals surface area contributed by atoms with Gasteiger partial charge in [-0.05, 0) is 27.2 Å². The molecule has 6 nitrogen and oxygen atoms in total. The molecular formula is C12H23N3O3. The molecule has 1 saturated heterocycles. The van der Waals surface area contributed by atoms with Crippen LogP contribution in [-0.4, -0.2) is 48.7 Å². The van der Waals surface area contributed by atoms with Crippen molar-refractivity contribution in [3.05, 3.63) is 0 Å². The van der Waals surface area contributed by atoms with Crippen LogP contribution < -0.4 is 11.1 Å². The molecule has 6 heteroatoms. The zero-order valence-electron chi connectivity index (χ0n) is 11.5. The van der Waals surface area contributed by atoms with Gasteiger partial charge in [-0.2, -0.15) is 0 Å². The minimum Gasteiger partial charge on any atom is -0.444 e. The molecule has 0 aromatic carbocycles. The van der Waals surface area contributed by atoms with Gasteiger partial charge in [0.25, 0.3) is 0 Å². The molecule has 0 aromatic rings. The fourth-order valence-electron chi connectivity index (χ4n) is 1.93. The van der Waals surface area contributed by atoms with Crippen molar-refractivity contribution in [3.8, 4) is 0 Å². The maximum absolute atomic E-state index is 11.9. The summed E-state index contributed by atoms with van der Waals surface area (Å²) in [7, 11) is 1.57. The van der Waals surface area contributed by atoms with E-state index < -0.39 is 5.60 Å². The molecule has 3 N–H and O–H groups in total. The third kappa shape index (κ3) is 3.87. The predicted octanol–water partition coefficient (Wildman–Crippen LogP) is 0.317. The highest BCUT2D eigenvalue weighted by Gasteiger charge is 2.35. The van der Waals surface area contributed by atoms with Crippen LogP contribution in [-0.2, 0) is 9.53 Å². The van der Waals surface area contributed by atoms with Gasteiger partial charge in [0.05, 0.1) is 5.92 Å². The smallest absolute Gasteiger partial charge is 0.410 e. The van der Waals surface area contributed by atoms with Crippen LogP contribution in [0.25, 0.3) is 0 Å². The molecule has 0 spiro atoms. The number of rotatable bonds is 1. The second kappa shape index (κ2) is 5.56. The van der Waals surface area contributed by atoms with Gasteiger partial charge in [-0.15, -0.1) is 0 Å². The van der Waals surface area contributed by atoms with E-state index in [4.69, 9.17) is 10.5 Å². The van der Waals surface area contributed by atoms with Crippen molar-refractivity contribution < 1.29 is 14.3 Å². The van der Waals surface area contributed by atoms with Gasteiger partial charge in [0.15, 0.2) is 0 Å². The molecule has 0 saturated carbocycles. The molecule has 1 heterocycles. The van der Waals surface area contributed by atoms with Gasteiger partial charge in [0.1, 0.15) is 5.60 Å². The number of likely N-dealkylation sites (tertiary alicyclic amines) is 1. The number of amides is 2. The Hall–Kier alpha value is -1.30. The maximum atomic E-state index is 11.9. The number of nitrogens with zero attached hydrogens (tertiary/aromatic N) is 1. The van der Waals surface area contributed by atoms with E-state index in [0.29, 0.717) is 19.5 Å². The molecular weight excluding hydrogens is 234 g/mol. The molecule has 2 amide bonds. The summed E-state index contributed by atoms with van der Waals surface area (Å²) < 4.78 is 5.29. The first-order chi connectivity index (χ1) is 8.24. The Morgan fingerprint density at radius 2 is 2.00 bits per heavy atom. The lowest BCUT2D eigenvalue weighted by Crippen LogP contribution is -2.54. The van der Waals surface area contributed by atoms with E-state index in [2.05, 4.69) is 5.32 Å². The molecule has 0 bridgehead atoms. The summed E-state index contributed by atoms with van der Waals surface area (Å²) in [5.41, 5.74) is 5.38. The molecule has 0 unspecified atom stereocenters. The molecule has 0 aliphatic carbocycles. The number of nitrogens with two attached hydrogens (primary N) is 1. The van der Waals surface area contributed by atoms with Gasteiger partial charge in [0, 0.05) is 26.2 Å². The Bertz CT molecular complexity index is 325. The highest BCUT2D eigenvalue weighted by Crippen LogP contribution is 2.18. The summed E-state index contributed by atoms with van der Waals surface area (Å²) in [6.45, 7) is 6.30. The van der Waals surface area contributed by atoms with Gasteiger partial charge in [-0.1, -0.05) is 0 Å². The maximum Gasteiger partial charge on any atom is 0.410 e. The fraction of sp³-hybridized carbons (Fsp3) is 0.833. The van der Waals surface area contributed by atoms with E-state index in [1.54, 1.807) is 11.9 Å². The van der Waals surface area contributed by atoms with Crippen LogP contribution in [0.2, 0.25) is 0 Å². The predicted molar refractivity (Wildman–Crippen MR) is 68.0 cm³/mol. The first-order valence-electron chi connectivity index (χ1n) is 6.19. The van der Waals surface area contributed by atoms with Crippen molar-refractivity contribution in [3.63, 3.8) is 0 Å². The van der Waals surface area contributed by atoms with Gasteiger partial charge >= 0.3 is 6.09 Å². The summed E-state index contributed by atoms with van der Waals surface area (Å²) in [6.07, 6.45) is 0.223. The van der Waals surface area contributed by atoms with Crippen LogP contribution in [0.1, 0.15) is 27.2 Å². The molecule has 1 aliphatic heterocycles. The topological polar surface area (TPSA) is 84.7 Å². The van der Waals surface area contributed by atoms with Crippen LogP contribution in [0.5, 0.6) is 0 Å². The Kier molecular flexibility index (Phi) is 4.56. The summed E-state index contributed by atoms with van der Waals surface area (Å²) in [5, 5.41) is 2.58.